The smallest absolute Gasteiger partial charge is 0.231 e. The topological polar surface area (TPSA) is 82.3 Å². The maximum atomic E-state index is 6.02. The van der Waals surface area contributed by atoms with Crippen molar-refractivity contribution in [3.05, 3.63) is 33.5 Å². The Morgan fingerprint density at radius 2 is 2.20 bits per heavy atom. The van der Waals surface area contributed by atoms with Crippen LogP contribution in [0.1, 0.15) is 5.56 Å². The van der Waals surface area contributed by atoms with Gasteiger partial charge in [0, 0.05) is 6.54 Å². The Morgan fingerprint density at radius 1 is 1.35 bits per heavy atom. The minimum Gasteiger partial charge on any atom is -0.454 e. The first-order valence-electron chi connectivity index (χ1n) is 5.73. The summed E-state index contributed by atoms with van der Waals surface area (Å²) in [5.41, 5.74) is 6.62. The van der Waals surface area contributed by atoms with E-state index in [4.69, 9.17) is 26.8 Å². The maximum absolute atomic E-state index is 6.02. The Morgan fingerprint density at radius 3 is 3.05 bits per heavy atom. The van der Waals surface area contributed by atoms with Gasteiger partial charge in [0.05, 0.1) is 4.47 Å². The average Bonchev–Trinajstić information content (AvgIpc) is 2.89. The zero-order valence-electron chi connectivity index (χ0n) is 10.2. The molecule has 3 rings (SSSR count). The van der Waals surface area contributed by atoms with E-state index in [1.54, 1.807) is 0 Å². The number of aromatic nitrogens is 2. The third kappa shape index (κ3) is 2.46. The Balaban J connectivity index is 1.79. The molecule has 1 aromatic carbocycles. The number of nitrogens with two attached hydrogens (primary N) is 1. The molecule has 0 fully saturated rings. The van der Waals surface area contributed by atoms with Crippen molar-refractivity contribution in [2.45, 2.75) is 6.54 Å². The molecule has 3 N–H and O–H groups in total. The standard InChI is InChI=1S/C12H10BrClN4O2/c13-7-1-6(2-8-10(7)20-5-19-8)3-16-12-9(14)11(15)17-4-18-12/h1-2,4H,3,5H2,(H3,15,16,17,18). The van der Waals surface area contributed by atoms with Gasteiger partial charge in [-0.2, -0.15) is 0 Å². The van der Waals surface area contributed by atoms with Crippen LogP contribution in [-0.2, 0) is 6.54 Å². The van der Waals surface area contributed by atoms with Crippen LogP contribution in [0.2, 0.25) is 5.02 Å². The molecule has 20 heavy (non-hydrogen) atoms. The number of ether oxygens (including phenoxy) is 2. The minimum atomic E-state index is 0.235. The van der Waals surface area contributed by atoms with Crippen LogP contribution in [-0.4, -0.2) is 16.8 Å². The second-order valence-corrected chi connectivity index (χ2v) is 5.32. The van der Waals surface area contributed by atoms with Gasteiger partial charge in [0.15, 0.2) is 17.3 Å². The van der Waals surface area contributed by atoms with Gasteiger partial charge in [0.1, 0.15) is 17.2 Å². The third-order valence-electron chi connectivity index (χ3n) is 2.76. The highest BCUT2D eigenvalue weighted by molar-refractivity contribution is 9.10. The van der Waals surface area contributed by atoms with Crippen LogP contribution in [0, 0.1) is 0 Å². The number of nitrogen functional groups attached to an aromatic ring is 1. The van der Waals surface area contributed by atoms with E-state index in [1.807, 2.05) is 12.1 Å². The van der Waals surface area contributed by atoms with Gasteiger partial charge in [-0.25, -0.2) is 9.97 Å². The lowest BCUT2D eigenvalue weighted by atomic mass is 10.2. The SMILES string of the molecule is Nc1ncnc(NCc2cc(Br)c3c(c2)OCO3)c1Cl. The van der Waals surface area contributed by atoms with Crippen LogP contribution in [0.4, 0.5) is 11.6 Å². The van der Waals surface area contributed by atoms with Crippen LogP contribution in [0.25, 0.3) is 0 Å². The molecular weight excluding hydrogens is 348 g/mol. The maximum Gasteiger partial charge on any atom is 0.231 e. The van der Waals surface area contributed by atoms with Crippen molar-refractivity contribution in [2.75, 3.05) is 17.8 Å². The number of hydrogen-bond acceptors (Lipinski definition) is 6. The number of benzene rings is 1. The van der Waals surface area contributed by atoms with E-state index >= 15 is 0 Å². The van der Waals surface area contributed by atoms with E-state index in [2.05, 4.69) is 31.2 Å². The largest absolute Gasteiger partial charge is 0.454 e. The highest BCUT2D eigenvalue weighted by Crippen LogP contribution is 2.40. The lowest BCUT2D eigenvalue weighted by molar-refractivity contribution is 0.173. The molecule has 1 aliphatic heterocycles. The van der Waals surface area contributed by atoms with Gasteiger partial charge in [-0.05, 0) is 33.6 Å². The monoisotopic (exact) mass is 356 g/mol. The third-order valence-corrected chi connectivity index (χ3v) is 3.73. The molecule has 2 heterocycles. The van der Waals surface area contributed by atoms with Gasteiger partial charge in [0.25, 0.3) is 0 Å². The molecule has 0 saturated heterocycles. The highest BCUT2D eigenvalue weighted by Gasteiger charge is 2.18. The molecule has 6 nitrogen and oxygen atoms in total. The van der Waals surface area contributed by atoms with Crippen LogP contribution >= 0.6 is 27.5 Å². The van der Waals surface area contributed by atoms with E-state index in [-0.39, 0.29) is 12.6 Å². The van der Waals surface area contributed by atoms with E-state index in [0.29, 0.717) is 23.1 Å². The molecule has 0 amide bonds. The van der Waals surface area contributed by atoms with Crippen molar-refractivity contribution in [2.24, 2.45) is 0 Å². The average molecular weight is 358 g/mol. The van der Waals surface area contributed by atoms with Crippen LogP contribution in [0.15, 0.2) is 22.9 Å². The fraction of sp³-hybridized carbons (Fsp3) is 0.167. The molecule has 8 heteroatoms. The fourth-order valence-corrected chi connectivity index (χ4v) is 2.58. The lowest BCUT2D eigenvalue weighted by Crippen LogP contribution is -2.04. The predicted molar refractivity (Wildman–Crippen MR) is 79.0 cm³/mol. The minimum absolute atomic E-state index is 0.235. The number of hydrogen-bond donors (Lipinski definition) is 2. The summed E-state index contributed by atoms with van der Waals surface area (Å²) in [6.07, 6.45) is 1.36. The van der Waals surface area contributed by atoms with E-state index in [1.165, 1.54) is 6.33 Å². The molecule has 0 spiro atoms. The van der Waals surface area contributed by atoms with E-state index in [0.717, 1.165) is 15.8 Å². The first kappa shape index (κ1) is 13.3. The Kier molecular flexibility index (Phi) is 3.54. The van der Waals surface area contributed by atoms with Crippen molar-refractivity contribution in [1.29, 1.82) is 0 Å². The van der Waals surface area contributed by atoms with Crippen molar-refractivity contribution in [1.82, 2.24) is 9.97 Å². The van der Waals surface area contributed by atoms with Gasteiger partial charge in [-0.15, -0.1) is 0 Å². The molecule has 1 aromatic heterocycles. The summed E-state index contributed by atoms with van der Waals surface area (Å²) < 4.78 is 11.5. The first-order chi connectivity index (χ1) is 9.65. The molecule has 0 atom stereocenters. The molecule has 0 bridgehead atoms. The molecule has 0 radical (unpaired) electrons. The van der Waals surface area contributed by atoms with Crippen molar-refractivity contribution in [3.8, 4) is 11.5 Å². The molecule has 0 aliphatic carbocycles. The fourth-order valence-electron chi connectivity index (χ4n) is 1.82. The van der Waals surface area contributed by atoms with Crippen molar-refractivity contribution >= 4 is 39.2 Å². The Labute approximate surface area is 128 Å². The first-order valence-corrected chi connectivity index (χ1v) is 6.90. The predicted octanol–water partition coefficient (Wildman–Crippen LogP) is 2.82. The summed E-state index contributed by atoms with van der Waals surface area (Å²) in [4.78, 5) is 7.85. The highest BCUT2D eigenvalue weighted by atomic mass is 79.9. The molecule has 2 aromatic rings. The molecule has 0 saturated carbocycles. The normalized spacial score (nSPS) is 12.5. The number of nitrogens with one attached hydrogen (secondary N) is 1. The molecule has 104 valence electrons. The van der Waals surface area contributed by atoms with Crippen LogP contribution < -0.4 is 20.5 Å². The molecule has 1 aliphatic rings. The number of nitrogens with zero attached hydrogens (tertiary/aromatic N) is 2. The van der Waals surface area contributed by atoms with Gasteiger partial charge in [0.2, 0.25) is 6.79 Å². The van der Waals surface area contributed by atoms with Gasteiger partial charge in [-0.1, -0.05) is 11.6 Å². The van der Waals surface area contributed by atoms with Crippen LogP contribution in [0.5, 0.6) is 11.5 Å². The van der Waals surface area contributed by atoms with Gasteiger partial charge in [-0.3, -0.25) is 0 Å². The number of anilines is 2. The number of fused-ring (bicyclic) bond motifs is 1. The second-order valence-electron chi connectivity index (χ2n) is 4.09. The summed E-state index contributed by atoms with van der Waals surface area (Å²) in [5, 5.41) is 3.42. The zero-order valence-corrected chi connectivity index (χ0v) is 12.5. The van der Waals surface area contributed by atoms with Crippen molar-refractivity contribution in [3.63, 3.8) is 0 Å². The Hall–Kier alpha value is -1.73. The summed E-state index contributed by atoms with van der Waals surface area (Å²) in [5.74, 6) is 2.17. The second kappa shape index (κ2) is 5.34. The summed E-state index contributed by atoms with van der Waals surface area (Å²) >= 11 is 9.46. The molecular formula is C12H10BrClN4O2. The number of rotatable bonds is 3. The van der Waals surface area contributed by atoms with Crippen molar-refractivity contribution < 1.29 is 9.47 Å². The summed E-state index contributed by atoms with van der Waals surface area (Å²) in [6, 6.07) is 3.84. The van der Waals surface area contributed by atoms with E-state index < -0.39 is 0 Å². The summed E-state index contributed by atoms with van der Waals surface area (Å²) in [7, 11) is 0. The number of halogens is 2. The zero-order chi connectivity index (χ0) is 14.1. The molecule has 0 unspecified atom stereocenters. The van der Waals surface area contributed by atoms with E-state index in [9.17, 15) is 0 Å². The van der Waals surface area contributed by atoms with Crippen LogP contribution in [0.3, 0.4) is 0 Å². The van der Waals surface area contributed by atoms with Gasteiger partial charge < -0.3 is 20.5 Å². The summed E-state index contributed by atoms with van der Waals surface area (Å²) in [6.45, 7) is 0.754. The Bertz CT molecular complexity index is 668. The lowest BCUT2D eigenvalue weighted by Gasteiger charge is -2.09. The quantitative estimate of drug-likeness (QED) is 0.879. The van der Waals surface area contributed by atoms with Gasteiger partial charge >= 0.3 is 0 Å².